The van der Waals surface area contributed by atoms with E-state index in [-0.39, 0.29) is 26.2 Å². The molecule has 0 atom stereocenters. The summed E-state index contributed by atoms with van der Waals surface area (Å²) in [4.78, 5) is 0. The molecule has 10 radical (unpaired) electrons. The van der Waals surface area contributed by atoms with Crippen molar-refractivity contribution in [2.45, 2.75) is 52.1 Å². The number of ether oxygens (including phenoxy) is 1. The summed E-state index contributed by atoms with van der Waals surface area (Å²) in [5.74, 6) is 0. The summed E-state index contributed by atoms with van der Waals surface area (Å²) >= 11 is 0. The van der Waals surface area contributed by atoms with E-state index in [2.05, 4.69) is 50.4 Å². The van der Waals surface area contributed by atoms with Crippen LogP contribution in [0.5, 0.6) is 0 Å². The van der Waals surface area contributed by atoms with E-state index < -0.39 is 16.1 Å². The van der Waals surface area contributed by atoms with Crippen LogP contribution in [0.15, 0.2) is 0 Å². The van der Waals surface area contributed by atoms with E-state index >= 15 is 0 Å². The Kier molecular flexibility index (Phi) is 20.0. The molecule has 0 bridgehead atoms. The number of hydrogen-bond acceptors (Lipinski definition) is 1. The molecule has 1 aliphatic heterocycles. The summed E-state index contributed by atoms with van der Waals surface area (Å²) in [7, 11) is -2.19. The van der Waals surface area contributed by atoms with Gasteiger partial charge in [0.15, 0.2) is 0 Å². The molecule has 0 amide bonds. The third kappa shape index (κ3) is 27.1. The van der Waals surface area contributed by atoms with E-state index in [1.165, 1.54) is 12.8 Å². The largest absolute Gasteiger partial charge is 2.00 e. The van der Waals surface area contributed by atoms with Crippen LogP contribution in [0, 0.1) is 75.3 Å². The first-order valence-electron chi connectivity index (χ1n) is 9.16. The average Bonchev–Trinajstić information content (AvgIpc) is 3.33. The van der Waals surface area contributed by atoms with Crippen LogP contribution in [-0.2, 0) is 30.9 Å². The van der Waals surface area contributed by atoms with E-state index in [0.717, 1.165) is 13.2 Å². The molecule has 0 aromatic rings. The normalized spacial score (nSPS) is 18.5. The van der Waals surface area contributed by atoms with Crippen LogP contribution in [0.1, 0.15) is 12.8 Å². The fourth-order valence-electron chi connectivity index (χ4n) is 1.53. The van der Waals surface area contributed by atoms with Gasteiger partial charge in [-0.1, -0.05) is 39.3 Å². The van der Waals surface area contributed by atoms with Crippen molar-refractivity contribution >= 4 is 16.1 Å². The molecule has 1 heterocycles. The molecule has 0 aromatic carbocycles. The molecule has 3 fully saturated rings. The maximum Gasteiger partial charge on any atom is 2.00 e. The van der Waals surface area contributed by atoms with Gasteiger partial charge in [0.05, 0.1) is 0 Å². The molecular formula is C22H36OSi2Zr+2. The van der Waals surface area contributed by atoms with Gasteiger partial charge in [0.25, 0.3) is 0 Å². The summed E-state index contributed by atoms with van der Waals surface area (Å²) in [5, 5.41) is 0. The molecule has 0 spiro atoms. The zero-order valence-electron chi connectivity index (χ0n) is 17.5. The first-order valence-corrected chi connectivity index (χ1v) is 16.2. The topological polar surface area (TPSA) is 9.23 Å². The van der Waals surface area contributed by atoms with Crippen molar-refractivity contribution in [3.05, 3.63) is 64.2 Å². The Hall–Kier alpha value is 0.837. The van der Waals surface area contributed by atoms with E-state index in [1.807, 2.05) is 64.2 Å². The SMILES string of the molecule is C1CCOC1.C[Si](C)(C)C#C[Si](C)(C)C.[CH]1[CH][CH][CH][CH]1.[CH]1[CH][CH][CH][CH]1.[Zr+2]. The van der Waals surface area contributed by atoms with Gasteiger partial charge in [-0.3, -0.25) is 0 Å². The zero-order chi connectivity index (χ0) is 19.0. The summed E-state index contributed by atoms with van der Waals surface area (Å²) in [6.07, 6.45) is 22.6. The maximum atomic E-state index is 4.94. The Morgan fingerprint density at radius 1 is 0.538 bits per heavy atom. The van der Waals surface area contributed by atoms with Gasteiger partial charge >= 0.3 is 26.2 Å². The molecule has 1 nitrogen and oxygen atoms in total. The quantitative estimate of drug-likeness (QED) is 0.336. The fourth-order valence-corrected chi connectivity index (χ4v) is 4.53. The van der Waals surface area contributed by atoms with Crippen molar-refractivity contribution in [2.24, 2.45) is 0 Å². The summed E-state index contributed by atoms with van der Waals surface area (Å²) in [6.45, 7) is 15.8. The molecule has 2 aliphatic carbocycles. The Morgan fingerprint density at radius 2 is 0.769 bits per heavy atom. The van der Waals surface area contributed by atoms with Crippen molar-refractivity contribution < 1.29 is 30.9 Å². The molecule has 3 rings (SSSR count). The second kappa shape index (κ2) is 17.9. The first kappa shape index (κ1) is 29.0. The van der Waals surface area contributed by atoms with Gasteiger partial charge in [-0.05, 0) is 77.0 Å². The molecule has 140 valence electrons. The van der Waals surface area contributed by atoms with E-state index in [0.29, 0.717) is 0 Å². The average molecular weight is 464 g/mol. The van der Waals surface area contributed by atoms with Crippen LogP contribution in [0.2, 0.25) is 39.3 Å². The van der Waals surface area contributed by atoms with Crippen molar-refractivity contribution in [1.82, 2.24) is 0 Å². The van der Waals surface area contributed by atoms with Gasteiger partial charge in [0.1, 0.15) is 16.1 Å². The van der Waals surface area contributed by atoms with Gasteiger partial charge in [0, 0.05) is 13.2 Å². The summed E-state index contributed by atoms with van der Waals surface area (Å²) in [6, 6.07) is 0. The minimum absolute atomic E-state index is 0. The molecule has 26 heavy (non-hydrogen) atoms. The third-order valence-electron chi connectivity index (χ3n) is 2.75. The van der Waals surface area contributed by atoms with E-state index in [4.69, 9.17) is 4.74 Å². The zero-order valence-corrected chi connectivity index (χ0v) is 22.0. The Balaban J connectivity index is 0. The minimum atomic E-state index is -1.09. The molecule has 0 N–H and O–H groups in total. The van der Waals surface area contributed by atoms with Gasteiger partial charge in [-0.2, -0.15) is 0 Å². The predicted molar refractivity (Wildman–Crippen MR) is 118 cm³/mol. The summed E-state index contributed by atoms with van der Waals surface area (Å²) in [5.41, 5.74) is 6.82. The van der Waals surface area contributed by atoms with Gasteiger partial charge < -0.3 is 4.74 Å². The molecule has 2 saturated carbocycles. The van der Waals surface area contributed by atoms with Crippen LogP contribution in [0.4, 0.5) is 0 Å². The molecule has 3 aliphatic rings. The second-order valence-electron chi connectivity index (χ2n) is 7.99. The number of hydrogen-bond donors (Lipinski definition) is 0. The number of rotatable bonds is 0. The maximum absolute atomic E-state index is 4.94. The van der Waals surface area contributed by atoms with Crippen LogP contribution in [-0.4, -0.2) is 29.4 Å². The monoisotopic (exact) mass is 462 g/mol. The van der Waals surface area contributed by atoms with Gasteiger partial charge in [-0.15, -0.1) is 11.1 Å². The van der Waals surface area contributed by atoms with Crippen molar-refractivity contribution in [2.75, 3.05) is 13.2 Å². The predicted octanol–water partition coefficient (Wildman–Crippen LogP) is 5.58. The Morgan fingerprint density at radius 3 is 0.885 bits per heavy atom. The molecule has 0 aromatic heterocycles. The Labute approximate surface area is 187 Å². The first-order chi connectivity index (χ1) is 11.7. The second-order valence-corrected chi connectivity index (χ2v) is 17.5. The smallest absolute Gasteiger partial charge is 0.381 e. The molecule has 4 heteroatoms. The van der Waals surface area contributed by atoms with Gasteiger partial charge in [-0.25, -0.2) is 0 Å². The minimum Gasteiger partial charge on any atom is -0.381 e. The van der Waals surface area contributed by atoms with Crippen molar-refractivity contribution in [1.29, 1.82) is 0 Å². The van der Waals surface area contributed by atoms with Crippen molar-refractivity contribution in [3.63, 3.8) is 0 Å². The molecule has 1 saturated heterocycles. The van der Waals surface area contributed by atoms with E-state index in [9.17, 15) is 0 Å². The van der Waals surface area contributed by atoms with Crippen molar-refractivity contribution in [3.8, 4) is 11.1 Å². The summed E-state index contributed by atoms with van der Waals surface area (Å²) < 4.78 is 4.94. The van der Waals surface area contributed by atoms with Crippen LogP contribution in [0.25, 0.3) is 0 Å². The third-order valence-corrected chi connectivity index (χ3v) is 4.75. The van der Waals surface area contributed by atoms with E-state index in [1.54, 1.807) is 0 Å². The fraction of sp³-hybridized carbons (Fsp3) is 0.455. The molecular weight excluding hydrogens is 428 g/mol. The Bertz CT molecular complexity index is 284. The van der Waals surface area contributed by atoms with Crippen LogP contribution < -0.4 is 0 Å². The van der Waals surface area contributed by atoms with Crippen LogP contribution in [0.3, 0.4) is 0 Å². The standard InChI is InChI=1S/C8H18Si2.2C5H5.C4H8O.Zr/c1-9(2,3)7-8-10(4,5)6;3*1-2-4-5-3-1;/h1-6H3;2*1-5H;1-4H2;/q;;;;+2. The molecule has 0 unspecified atom stereocenters. The van der Waals surface area contributed by atoms with Crippen LogP contribution >= 0.6 is 0 Å². The van der Waals surface area contributed by atoms with Gasteiger partial charge in [0.2, 0.25) is 0 Å².